The second kappa shape index (κ2) is 19.4. The normalized spacial score (nSPS) is 13.3. The number of phenolic OH excluding ortho intramolecular Hbond substituents is 2. The molecule has 0 aliphatic carbocycles. The highest BCUT2D eigenvalue weighted by molar-refractivity contribution is 5.94. The molecule has 0 spiro atoms. The Morgan fingerprint density at radius 1 is 0.688 bits per heavy atom. The van der Waals surface area contributed by atoms with Crippen LogP contribution in [0.5, 0.6) is 11.5 Å². The summed E-state index contributed by atoms with van der Waals surface area (Å²) in [5, 5.41) is 40.5. The Kier molecular flexibility index (Phi) is 15.8. The van der Waals surface area contributed by atoms with E-state index in [1.54, 1.807) is 24.3 Å². The first-order valence-corrected chi connectivity index (χ1v) is 15.2. The van der Waals surface area contributed by atoms with Gasteiger partial charge in [0, 0.05) is 6.42 Å². The third kappa shape index (κ3) is 13.6. The maximum atomic E-state index is 12.9. The van der Waals surface area contributed by atoms with E-state index < -0.39 is 79.4 Å². The maximum Gasteiger partial charge on any atom is 0.328 e. The molecule has 16 heteroatoms. The number of ether oxygens (including phenoxy) is 1. The Morgan fingerprint density at radius 2 is 1.15 bits per heavy atom. The van der Waals surface area contributed by atoms with E-state index in [4.69, 9.17) is 10.5 Å². The average molecular weight is 673 g/mol. The summed E-state index contributed by atoms with van der Waals surface area (Å²) in [5.74, 6) is -4.42. The Bertz CT molecular complexity index is 1400. The van der Waals surface area contributed by atoms with Crippen molar-refractivity contribution in [2.75, 3.05) is 26.8 Å². The Balaban J connectivity index is 1.87. The predicted octanol–water partition coefficient (Wildman–Crippen LogP) is -1.89. The van der Waals surface area contributed by atoms with Crippen LogP contribution in [0.25, 0.3) is 0 Å². The quantitative estimate of drug-likeness (QED) is 0.0791. The van der Waals surface area contributed by atoms with Crippen LogP contribution in [0.1, 0.15) is 31.4 Å². The molecule has 0 unspecified atom stereocenters. The molecule has 0 saturated heterocycles. The van der Waals surface area contributed by atoms with Gasteiger partial charge in [0.15, 0.2) is 0 Å². The van der Waals surface area contributed by atoms with Gasteiger partial charge in [-0.1, -0.05) is 38.1 Å². The highest BCUT2D eigenvalue weighted by Crippen LogP contribution is 2.13. The Morgan fingerprint density at radius 3 is 1.60 bits per heavy atom. The van der Waals surface area contributed by atoms with Gasteiger partial charge in [-0.25, -0.2) is 4.79 Å². The fourth-order valence-corrected chi connectivity index (χ4v) is 4.43. The summed E-state index contributed by atoms with van der Waals surface area (Å²) in [7, 11) is 1.15. The molecule has 10 N–H and O–H groups in total. The van der Waals surface area contributed by atoms with Crippen LogP contribution in [0.3, 0.4) is 0 Å². The van der Waals surface area contributed by atoms with Crippen LogP contribution >= 0.6 is 0 Å². The van der Waals surface area contributed by atoms with E-state index in [1.807, 2.05) is 13.8 Å². The van der Waals surface area contributed by atoms with Crippen LogP contribution in [-0.2, 0) is 46.3 Å². The molecule has 2 rings (SSSR count). The fourth-order valence-electron chi connectivity index (χ4n) is 4.43. The highest BCUT2D eigenvalue weighted by atomic mass is 16.5. The molecule has 0 fully saturated rings. The Labute approximate surface area is 277 Å². The lowest BCUT2D eigenvalue weighted by Crippen LogP contribution is -2.55. The van der Waals surface area contributed by atoms with Gasteiger partial charge in [0.1, 0.15) is 29.6 Å². The monoisotopic (exact) mass is 672 g/mol. The molecule has 0 heterocycles. The van der Waals surface area contributed by atoms with Crippen LogP contribution in [0.2, 0.25) is 0 Å². The average Bonchev–Trinajstić information content (AvgIpc) is 3.05. The lowest BCUT2D eigenvalue weighted by Gasteiger charge is -2.22. The molecule has 0 saturated carbocycles. The topological polar surface area (TPSA) is 259 Å². The number of nitrogens with two attached hydrogens (primary N) is 1. The molecule has 262 valence electrons. The van der Waals surface area contributed by atoms with E-state index in [-0.39, 0.29) is 36.7 Å². The molecule has 16 nitrogen and oxygen atoms in total. The largest absolute Gasteiger partial charge is 0.508 e. The third-order valence-electron chi connectivity index (χ3n) is 6.95. The lowest BCUT2D eigenvalue weighted by atomic mass is 10.0. The zero-order chi connectivity index (χ0) is 35.8. The number of benzene rings is 2. The minimum atomic E-state index is -1.47. The maximum absolute atomic E-state index is 12.9. The van der Waals surface area contributed by atoms with E-state index in [0.717, 1.165) is 7.11 Å². The minimum absolute atomic E-state index is 0.0152. The molecule has 0 aliphatic heterocycles. The second-order valence-corrected chi connectivity index (χ2v) is 11.4. The molecule has 0 radical (unpaired) electrons. The molecular formula is C32H44N6O10. The summed E-state index contributed by atoms with van der Waals surface area (Å²) in [6, 6.07) is 7.55. The van der Waals surface area contributed by atoms with Gasteiger partial charge in [0.25, 0.3) is 0 Å². The van der Waals surface area contributed by atoms with Crippen molar-refractivity contribution in [1.29, 1.82) is 0 Å². The van der Waals surface area contributed by atoms with E-state index in [2.05, 4.69) is 26.6 Å². The van der Waals surface area contributed by atoms with Crippen molar-refractivity contribution >= 4 is 35.5 Å². The molecule has 0 aliphatic rings. The first-order valence-electron chi connectivity index (χ1n) is 15.2. The van der Waals surface area contributed by atoms with Crippen LogP contribution in [0, 0.1) is 5.92 Å². The molecule has 4 atom stereocenters. The summed E-state index contributed by atoms with van der Waals surface area (Å²) >= 11 is 0. The van der Waals surface area contributed by atoms with Crippen LogP contribution in [-0.4, -0.2) is 102 Å². The summed E-state index contributed by atoms with van der Waals surface area (Å²) in [4.78, 5) is 75.4. The molecule has 2 aromatic rings. The first-order chi connectivity index (χ1) is 22.7. The molecular weight excluding hydrogens is 628 g/mol. The van der Waals surface area contributed by atoms with Gasteiger partial charge in [0.2, 0.25) is 29.5 Å². The van der Waals surface area contributed by atoms with Gasteiger partial charge in [-0.2, -0.15) is 0 Å². The Hall–Kier alpha value is -5.22. The number of aliphatic hydroxyl groups excluding tert-OH is 1. The molecule has 0 bridgehead atoms. The number of esters is 1. The van der Waals surface area contributed by atoms with Gasteiger partial charge < -0.3 is 52.4 Å². The van der Waals surface area contributed by atoms with Crippen molar-refractivity contribution in [2.45, 2.75) is 57.3 Å². The number of rotatable bonds is 18. The van der Waals surface area contributed by atoms with Crippen molar-refractivity contribution < 1.29 is 48.8 Å². The van der Waals surface area contributed by atoms with Crippen LogP contribution in [0.4, 0.5) is 0 Å². The zero-order valence-corrected chi connectivity index (χ0v) is 27.0. The number of aliphatic hydroxyl groups is 1. The predicted molar refractivity (Wildman–Crippen MR) is 172 cm³/mol. The van der Waals surface area contributed by atoms with Gasteiger partial charge in [-0.15, -0.1) is 0 Å². The summed E-state index contributed by atoms with van der Waals surface area (Å²) < 4.78 is 4.73. The van der Waals surface area contributed by atoms with Crippen LogP contribution in [0.15, 0.2) is 48.5 Å². The number of nitrogens with one attached hydrogen (secondary N) is 5. The van der Waals surface area contributed by atoms with Gasteiger partial charge in [-0.05, 0) is 54.2 Å². The number of aromatic hydroxyl groups is 2. The first kappa shape index (κ1) is 39.0. The van der Waals surface area contributed by atoms with Gasteiger partial charge >= 0.3 is 5.97 Å². The lowest BCUT2D eigenvalue weighted by molar-refractivity contribution is -0.145. The summed E-state index contributed by atoms with van der Waals surface area (Å²) in [6.45, 7) is 1.66. The molecule has 48 heavy (non-hydrogen) atoms. The molecule has 5 amide bonds. The van der Waals surface area contributed by atoms with E-state index in [1.165, 1.54) is 24.3 Å². The van der Waals surface area contributed by atoms with Gasteiger partial charge in [-0.3, -0.25) is 24.0 Å². The third-order valence-corrected chi connectivity index (χ3v) is 6.95. The number of methoxy groups -OCH3 is 1. The minimum Gasteiger partial charge on any atom is -0.508 e. The van der Waals surface area contributed by atoms with Crippen LogP contribution < -0.4 is 32.3 Å². The number of hydrogen-bond donors (Lipinski definition) is 9. The SMILES string of the molecule is COC(=O)[C@H](Cc1ccc(O)cc1)NC(=O)CNC(=O)[C@H](CO)NC(=O)CNC(=O)[C@H](CC(C)C)NC(=O)[C@@H](N)Cc1ccc(O)cc1. The zero-order valence-electron chi connectivity index (χ0n) is 27.0. The number of hydrogen-bond acceptors (Lipinski definition) is 11. The van der Waals surface area contributed by atoms with E-state index >= 15 is 0 Å². The molecule has 0 aromatic heterocycles. The van der Waals surface area contributed by atoms with Gasteiger partial charge in [0.05, 0.1) is 32.8 Å². The highest BCUT2D eigenvalue weighted by Gasteiger charge is 2.27. The summed E-state index contributed by atoms with van der Waals surface area (Å²) in [6.07, 6.45) is 0.436. The van der Waals surface area contributed by atoms with Crippen molar-refractivity contribution in [3.8, 4) is 11.5 Å². The molecule has 2 aromatic carbocycles. The standard InChI is InChI=1S/C32H44N6O10/c1-18(2)12-24(38-29(44)23(33)13-19-4-8-21(40)9-5-19)30(45)34-16-28(43)37-26(17-39)31(46)35-15-27(42)36-25(32(47)48-3)14-20-6-10-22(41)11-7-20/h4-11,18,23-26,39-41H,12-17,33H2,1-3H3,(H,34,45)(H,35,46)(H,36,42)(H,37,43)(H,38,44)/t23-,24-,25-,26-/m0/s1. The van der Waals surface area contributed by atoms with Crippen molar-refractivity contribution in [1.82, 2.24) is 26.6 Å². The number of carbonyl (C=O) groups is 6. The van der Waals surface area contributed by atoms with Crippen molar-refractivity contribution in [3.05, 3.63) is 59.7 Å². The van der Waals surface area contributed by atoms with Crippen molar-refractivity contribution in [3.63, 3.8) is 0 Å². The van der Waals surface area contributed by atoms with Crippen molar-refractivity contribution in [2.24, 2.45) is 11.7 Å². The summed E-state index contributed by atoms with van der Waals surface area (Å²) in [5.41, 5.74) is 7.35. The smallest absolute Gasteiger partial charge is 0.328 e. The number of phenols is 2. The second-order valence-electron chi connectivity index (χ2n) is 11.4. The number of amides is 5. The number of carbonyl (C=O) groups excluding carboxylic acids is 6. The fraction of sp³-hybridized carbons (Fsp3) is 0.438. The van der Waals surface area contributed by atoms with E-state index in [9.17, 15) is 44.1 Å². The van der Waals surface area contributed by atoms with E-state index in [0.29, 0.717) is 11.1 Å².